The molecule has 1 aliphatic carbocycles. The fourth-order valence-electron chi connectivity index (χ4n) is 4.26. The van der Waals surface area contributed by atoms with Crippen LogP contribution in [0.15, 0.2) is 24.3 Å². The van der Waals surface area contributed by atoms with Gasteiger partial charge in [-0.3, -0.25) is 4.79 Å². The van der Waals surface area contributed by atoms with Crippen molar-refractivity contribution in [3.05, 3.63) is 34.9 Å². The summed E-state index contributed by atoms with van der Waals surface area (Å²) in [6.45, 7) is 1.51. The molecule has 0 aromatic heterocycles. The Bertz CT molecular complexity index is 535. The monoisotopic (exact) mass is 370 g/mol. The van der Waals surface area contributed by atoms with Crippen LogP contribution in [-0.2, 0) is 4.79 Å². The first kappa shape index (κ1) is 19.6. The molecule has 1 aromatic rings. The Balaban J connectivity index is 0.00000208. The molecule has 2 fully saturated rings. The van der Waals surface area contributed by atoms with Gasteiger partial charge in [-0.25, -0.2) is 0 Å². The van der Waals surface area contributed by atoms with Gasteiger partial charge in [0.1, 0.15) is 0 Å². The van der Waals surface area contributed by atoms with E-state index in [0.29, 0.717) is 18.4 Å². The van der Waals surface area contributed by atoms with Gasteiger partial charge in [0, 0.05) is 17.5 Å². The number of carbonyl (C=O) groups is 1. The average Bonchev–Trinajstić information content (AvgIpc) is 2.91. The Morgan fingerprint density at radius 3 is 2.54 bits per heavy atom. The van der Waals surface area contributed by atoms with E-state index < -0.39 is 0 Å². The van der Waals surface area contributed by atoms with E-state index in [1.54, 1.807) is 0 Å². The molecule has 1 saturated heterocycles. The van der Waals surface area contributed by atoms with E-state index in [2.05, 4.69) is 17.0 Å². The molecular formula is C19H28Cl2N2O. The maximum Gasteiger partial charge on any atom is 0.226 e. The summed E-state index contributed by atoms with van der Waals surface area (Å²) in [6.07, 6.45) is 7.79. The van der Waals surface area contributed by atoms with Gasteiger partial charge in [-0.05, 0) is 55.8 Å². The predicted octanol–water partition coefficient (Wildman–Crippen LogP) is 4.58. The first-order valence-corrected chi connectivity index (χ1v) is 9.34. The van der Waals surface area contributed by atoms with E-state index in [1.165, 1.54) is 18.4 Å². The number of nitrogens with zero attached hydrogens (tertiary/aromatic N) is 1. The molecule has 2 N–H and O–H groups in total. The highest BCUT2D eigenvalue weighted by atomic mass is 35.5. The van der Waals surface area contributed by atoms with Crippen molar-refractivity contribution in [3.8, 4) is 0 Å². The normalized spacial score (nSPS) is 27.4. The zero-order valence-electron chi connectivity index (χ0n) is 14.1. The van der Waals surface area contributed by atoms with Gasteiger partial charge < -0.3 is 10.6 Å². The lowest BCUT2D eigenvalue weighted by atomic mass is 9.92. The summed E-state index contributed by atoms with van der Waals surface area (Å²) < 4.78 is 0. The fraction of sp³-hybridized carbons (Fsp3) is 0.632. The van der Waals surface area contributed by atoms with Crippen molar-refractivity contribution in [2.24, 2.45) is 17.6 Å². The lowest BCUT2D eigenvalue weighted by Crippen LogP contribution is -2.41. The fourth-order valence-corrected chi connectivity index (χ4v) is 4.39. The second-order valence-electron chi connectivity index (χ2n) is 6.98. The number of amides is 1. The number of carbonyl (C=O) groups excluding carboxylic acids is 1. The number of likely N-dealkylation sites (tertiary alicyclic amines) is 1. The molecule has 1 saturated carbocycles. The van der Waals surface area contributed by atoms with Crippen molar-refractivity contribution < 1.29 is 4.79 Å². The van der Waals surface area contributed by atoms with Crippen molar-refractivity contribution in [1.82, 2.24) is 4.90 Å². The molecule has 5 heteroatoms. The van der Waals surface area contributed by atoms with Crippen LogP contribution in [0.2, 0.25) is 5.02 Å². The second-order valence-corrected chi connectivity index (χ2v) is 7.42. The minimum absolute atomic E-state index is 0. The largest absolute Gasteiger partial charge is 0.335 e. The Morgan fingerprint density at radius 1 is 1.08 bits per heavy atom. The SMILES string of the molecule is Cl.NC[C@H]1CCC[C@H]1C(=O)N1CCCCCC1c1ccc(Cl)cc1. The molecule has 1 heterocycles. The molecule has 3 atom stereocenters. The molecule has 24 heavy (non-hydrogen) atoms. The number of rotatable bonds is 3. The van der Waals surface area contributed by atoms with E-state index in [1.807, 2.05) is 12.1 Å². The van der Waals surface area contributed by atoms with E-state index in [4.69, 9.17) is 17.3 Å². The van der Waals surface area contributed by atoms with Crippen LogP contribution in [0.5, 0.6) is 0 Å². The number of nitrogens with two attached hydrogens (primary N) is 1. The number of benzene rings is 1. The molecule has 0 bridgehead atoms. The van der Waals surface area contributed by atoms with Gasteiger partial charge in [0.15, 0.2) is 0 Å². The van der Waals surface area contributed by atoms with E-state index in [9.17, 15) is 4.79 Å². The van der Waals surface area contributed by atoms with Crippen molar-refractivity contribution in [3.63, 3.8) is 0 Å². The average molecular weight is 371 g/mol. The Hall–Kier alpha value is -0.770. The Kier molecular flexibility index (Phi) is 7.39. The first-order valence-electron chi connectivity index (χ1n) is 8.96. The van der Waals surface area contributed by atoms with Crippen LogP contribution in [0.3, 0.4) is 0 Å². The standard InChI is InChI=1S/C19H27ClN2O.ClH/c20-16-10-8-14(9-11-16)18-7-2-1-3-12-22(18)19(23)17-6-4-5-15(17)13-21;/h8-11,15,17-18H,1-7,12-13,21H2;1H/t15-,17-,18?;/m1./s1. The smallest absolute Gasteiger partial charge is 0.226 e. The maximum atomic E-state index is 13.2. The van der Waals surface area contributed by atoms with E-state index in [-0.39, 0.29) is 24.4 Å². The van der Waals surface area contributed by atoms with Gasteiger partial charge in [0.25, 0.3) is 0 Å². The summed E-state index contributed by atoms with van der Waals surface area (Å²) in [6, 6.07) is 8.22. The van der Waals surface area contributed by atoms with Gasteiger partial charge >= 0.3 is 0 Å². The molecule has 1 aromatic carbocycles. The number of hydrogen-bond acceptors (Lipinski definition) is 2. The van der Waals surface area contributed by atoms with Crippen molar-refractivity contribution >= 4 is 29.9 Å². The Labute approximate surface area is 156 Å². The van der Waals surface area contributed by atoms with Gasteiger partial charge in [-0.1, -0.05) is 43.0 Å². The van der Waals surface area contributed by atoms with Crippen LogP contribution in [0.25, 0.3) is 0 Å². The summed E-state index contributed by atoms with van der Waals surface area (Å²) in [5, 5.41) is 0.749. The van der Waals surface area contributed by atoms with Crippen LogP contribution in [0.1, 0.15) is 56.6 Å². The number of halogens is 2. The molecule has 1 aliphatic heterocycles. The highest BCUT2D eigenvalue weighted by Crippen LogP contribution is 2.37. The summed E-state index contributed by atoms with van der Waals surface area (Å²) in [5.74, 6) is 0.837. The Morgan fingerprint density at radius 2 is 1.83 bits per heavy atom. The van der Waals surface area contributed by atoms with Crippen LogP contribution >= 0.6 is 24.0 Å². The van der Waals surface area contributed by atoms with Crippen LogP contribution in [0, 0.1) is 11.8 Å². The van der Waals surface area contributed by atoms with Crippen molar-refractivity contribution in [1.29, 1.82) is 0 Å². The molecule has 1 amide bonds. The zero-order valence-corrected chi connectivity index (χ0v) is 15.7. The first-order chi connectivity index (χ1) is 11.2. The summed E-state index contributed by atoms with van der Waals surface area (Å²) in [4.78, 5) is 15.4. The molecule has 2 aliphatic rings. The topological polar surface area (TPSA) is 46.3 Å². The van der Waals surface area contributed by atoms with Gasteiger partial charge in [-0.2, -0.15) is 0 Å². The summed E-state index contributed by atoms with van der Waals surface area (Å²) in [7, 11) is 0. The van der Waals surface area contributed by atoms with Gasteiger partial charge in [0.05, 0.1) is 6.04 Å². The quantitative estimate of drug-likeness (QED) is 0.845. The van der Waals surface area contributed by atoms with Crippen LogP contribution < -0.4 is 5.73 Å². The molecular weight excluding hydrogens is 343 g/mol. The maximum absolute atomic E-state index is 13.2. The second kappa shape index (κ2) is 9.07. The van der Waals surface area contributed by atoms with Crippen molar-refractivity contribution in [2.45, 2.75) is 51.0 Å². The van der Waals surface area contributed by atoms with Crippen molar-refractivity contribution in [2.75, 3.05) is 13.1 Å². The molecule has 0 radical (unpaired) electrons. The van der Waals surface area contributed by atoms with E-state index in [0.717, 1.165) is 43.7 Å². The summed E-state index contributed by atoms with van der Waals surface area (Å²) in [5.41, 5.74) is 7.11. The molecule has 0 spiro atoms. The highest BCUT2D eigenvalue weighted by Gasteiger charge is 2.37. The minimum atomic E-state index is 0. The lowest BCUT2D eigenvalue weighted by Gasteiger charge is -2.34. The van der Waals surface area contributed by atoms with Crippen LogP contribution in [0.4, 0.5) is 0 Å². The number of hydrogen-bond donors (Lipinski definition) is 1. The summed E-state index contributed by atoms with van der Waals surface area (Å²) >= 11 is 6.03. The third kappa shape index (κ3) is 4.25. The van der Waals surface area contributed by atoms with E-state index >= 15 is 0 Å². The zero-order chi connectivity index (χ0) is 16.2. The minimum Gasteiger partial charge on any atom is -0.335 e. The highest BCUT2D eigenvalue weighted by molar-refractivity contribution is 6.30. The molecule has 3 nitrogen and oxygen atoms in total. The third-order valence-electron chi connectivity index (χ3n) is 5.57. The van der Waals surface area contributed by atoms with Crippen LogP contribution in [-0.4, -0.2) is 23.9 Å². The molecule has 3 rings (SSSR count). The molecule has 1 unspecified atom stereocenters. The third-order valence-corrected chi connectivity index (χ3v) is 5.82. The molecule has 134 valence electrons. The lowest BCUT2D eigenvalue weighted by molar-refractivity contribution is -0.139. The van der Waals surface area contributed by atoms with Gasteiger partial charge in [-0.15, -0.1) is 12.4 Å². The van der Waals surface area contributed by atoms with Gasteiger partial charge in [0.2, 0.25) is 5.91 Å². The predicted molar refractivity (Wildman–Crippen MR) is 102 cm³/mol.